The van der Waals surface area contributed by atoms with E-state index >= 15 is 0 Å². The quantitative estimate of drug-likeness (QED) is 0.0320. The number of carbonyl (C=O) groups is 1. The lowest BCUT2D eigenvalue weighted by Crippen LogP contribution is -2.60. The van der Waals surface area contributed by atoms with Gasteiger partial charge in [0.05, 0.1) is 25.4 Å². The summed E-state index contributed by atoms with van der Waals surface area (Å²) in [6.07, 6.45) is 24.1. The van der Waals surface area contributed by atoms with Gasteiger partial charge in [-0.3, -0.25) is 4.79 Å². The van der Waals surface area contributed by atoms with Gasteiger partial charge in [-0.1, -0.05) is 154 Å². The van der Waals surface area contributed by atoms with E-state index in [1.54, 1.807) is 6.08 Å². The van der Waals surface area contributed by atoms with Gasteiger partial charge >= 0.3 is 0 Å². The van der Waals surface area contributed by atoms with Crippen LogP contribution in [0.1, 0.15) is 162 Å². The molecule has 0 saturated carbocycles. The Balaban J connectivity index is 2.54. The second kappa shape index (κ2) is 31.2. The maximum Gasteiger partial charge on any atom is 0.249 e. The van der Waals surface area contributed by atoms with Crippen LogP contribution in [0.4, 0.5) is 0 Å². The van der Waals surface area contributed by atoms with E-state index in [9.17, 15) is 35.4 Å². The zero-order valence-electron chi connectivity index (χ0n) is 31.5. The summed E-state index contributed by atoms with van der Waals surface area (Å²) in [4.78, 5) is 12.9. The molecule has 1 rings (SSSR count). The number of nitrogens with one attached hydrogen (secondary N) is 1. The molecule has 10 nitrogen and oxygen atoms in total. The van der Waals surface area contributed by atoms with Gasteiger partial charge in [0.15, 0.2) is 6.29 Å². The number of carbonyl (C=O) groups excluding carboxylic acids is 1. The number of hydrogen-bond acceptors (Lipinski definition) is 9. The maximum absolute atomic E-state index is 12.9. The van der Waals surface area contributed by atoms with Crippen LogP contribution in [0.5, 0.6) is 0 Å². The lowest BCUT2D eigenvalue weighted by atomic mass is 9.99. The van der Waals surface area contributed by atoms with E-state index in [0.717, 1.165) is 32.1 Å². The summed E-state index contributed by atoms with van der Waals surface area (Å²) >= 11 is 0. The zero-order valence-corrected chi connectivity index (χ0v) is 31.5. The van der Waals surface area contributed by atoms with Crippen LogP contribution in [0.15, 0.2) is 24.3 Å². The van der Waals surface area contributed by atoms with Gasteiger partial charge in [-0.2, -0.15) is 0 Å². The zero-order chi connectivity index (χ0) is 36.8. The lowest BCUT2D eigenvalue weighted by Gasteiger charge is -2.40. The van der Waals surface area contributed by atoms with Crippen molar-refractivity contribution in [2.75, 3.05) is 13.2 Å². The SMILES string of the molecule is CCCCCCCCCC=CCC/C=C/[C@@H](O)[C@H](CO[C@@H]1O[C@H](CO)[C@@H](O)[C@H](O)[C@H]1O)NC(=O)C(O)CCCCCCCCCCCCCC. The van der Waals surface area contributed by atoms with Gasteiger partial charge < -0.3 is 45.4 Å². The van der Waals surface area contributed by atoms with Crippen LogP contribution in [0, 0.1) is 0 Å². The maximum atomic E-state index is 12.9. The fraction of sp³-hybridized carbons (Fsp3) is 0.875. The van der Waals surface area contributed by atoms with Gasteiger partial charge in [-0.25, -0.2) is 0 Å². The first-order chi connectivity index (χ1) is 24.3. The van der Waals surface area contributed by atoms with Crippen LogP contribution in [0.25, 0.3) is 0 Å². The Hall–Kier alpha value is -1.37. The molecule has 10 heteroatoms. The van der Waals surface area contributed by atoms with Crippen molar-refractivity contribution in [3.8, 4) is 0 Å². The van der Waals surface area contributed by atoms with Gasteiger partial charge in [0.2, 0.25) is 5.91 Å². The molecule has 0 spiro atoms. The van der Waals surface area contributed by atoms with E-state index in [4.69, 9.17) is 9.47 Å². The topological polar surface area (TPSA) is 169 Å². The molecule has 8 atom stereocenters. The van der Waals surface area contributed by atoms with Crippen LogP contribution < -0.4 is 5.32 Å². The highest BCUT2D eigenvalue weighted by Gasteiger charge is 2.44. The minimum atomic E-state index is -1.61. The minimum absolute atomic E-state index is 0.306. The average molecular weight is 714 g/mol. The normalized spacial score (nSPS) is 23.1. The average Bonchev–Trinajstić information content (AvgIpc) is 3.11. The molecular formula is C40H75NO9. The Morgan fingerprint density at radius 1 is 0.680 bits per heavy atom. The van der Waals surface area contributed by atoms with E-state index in [-0.39, 0.29) is 6.61 Å². The van der Waals surface area contributed by atoms with Crippen molar-refractivity contribution in [3.63, 3.8) is 0 Å². The molecule has 0 aromatic heterocycles. The molecular weight excluding hydrogens is 638 g/mol. The molecule has 50 heavy (non-hydrogen) atoms. The fourth-order valence-corrected chi connectivity index (χ4v) is 6.24. The number of amides is 1. The molecule has 0 aliphatic carbocycles. The smallest absolute Gasteiger partial charge is 0.249 e. The summed E-state index contributed by atoms with van der Waals surface area (Å²) in [5, 5.41) is 64.3. The van der Waals surface area contributed by atoms with E-state index < -0.39 is 61.5 Å². The summed E-state index contributed by atoms with van der Waals surface area (Å²) < 4.78 is 11.1. The summed E-state index contributed by atoms with van der Waals surface area (Å²) in [6, 6.07) is -0.990. The molecule has 0 aromatic rings. The highest BCUT2D eigenvalue weighted by molar-refractivity contribution is 5.80. The molecule has 1 heterocycles. The summed E-state index contributed by atoms with van der Waals surface area (Å²) in [5.74, 6) is -0.628. The predicted octanol–water partition coefficient (Wildman–Crippen LogP) is 6.13. The monoisotopic (exact) mass is 714 g/mol. The summed E-state index contributed by atoms with van der Waals surface area (Å²) in [7, 11) is 0. The second-order valence-electron chi connectivity index (χ2n) is 14.2. The molecule has 1 aliphatic heterocycles. The lowest BCUT2D eigenvalue weighted by molar-refractivity contribution is -0.302. The van der Waals surface area contributed by atoms with Gasteiger partial charge in [-0.15, -0.1) is 0 Å². The van der Waals surface area contributed by atoms with Gasteiger partial charge in [0.1, 0.15) is 30.5 Å². The Kier molecular flexibility index (Phi) is 29.1. The number of rotatable bonds is 32. The second-order valence-corrected chi connectivity index (χ2v) is 14.2. The number of allylic oxidation sites excluding steroid dienone is 3. The van der Waals surface area contributed by atoms with Crippen LogP contribution >= 0.6 is 0 Å². The van der Waals surface area contributed by atoms with Crippen LogP contribution in [0.2, 0.25) is 0 Å². The molecule has 1 unspecified atom stereocenters. The van der Waals surface area contributed by atoms with Gasteiger partial charge in [-0.05, 0) is 32.1 Å². The van der Waals surface area contributed by atoms with Crippen LogP contribution in [-0.2, 0) is 14.3 Å². The molecule has 1 saturated heterocycles. The Morgan fingerprint density at radius 2 is 1.18 bits per heavy atom. The van der Waals surface area contributed by atoms with Crippen LogP contribution in [0.3, 0.4) is 0 Å². The largest absolute Gasteiger partial charge is 0.394 e. The molecule has 0 bridgehead atoms. The number of aliphatic hydroxyl groups excluding tert-OH is 6. The molecule has 1 fully saturated rings. The highest BCUT2D eigenvalue weighted by atomic mass is 16.7. The summed E-state index contributed by atoms with van der Waals surface area (Å²) in [6.45, 7) is 3.54. The van der Waals surface area contributed by atoms with Crippen molar-refractivity contribution >= 4 is 5.91 Å². The van der Waals surface area contributed by atoms with Crippen molar-refractivity contribution in [3.05, 3.63) is 24.3 Å². The van der Waals surface area contributed by atoms with Crippen molar-refractivity contribution in [1.82, 2.24) is 5.32 Å². The van der Waals surface area contributed by atoms with E-state index in [1.807, 2.05) is 6.08 Å². The molecule has 7 N–H and O–H groups in total. The number of ether oxygens (including phenoxy) is 2. The molecule has 294 valence electrons. The first-order valence-electron chi connectivity index (χ1n) is 20.2. The molecule has 0 radical (unpaired) electrons. The van der Waals surface area contributed by atoms with Gasteiger partial charge in [0, 0.05) is 0 Å². The first-order valence-corrected chi connectivity index (χ1v) is 20.2. The number of hydrogen-bond donors (Lipinski definition) is 7. The predicted molar refractivity (Wildman–Crippen MR) is 199 cm³/mol. The van der Waals surface area contributed by atoms with Crippen LogP contribution in [-0.4, -0.2) is 98.7 Å². The fourth-order valence-electron chi connectivity index (χ4n) is 6.24. The molecule has 1 amide bonds. The van der Waals surface area contributed by atoms with Crippen molar-refractivity contribution < 1.29 is 44.9 Å². The third kappa shape index (κ3) is 21.9. The first kappa shape index (κ1) is 46.7. The van der Waals surface area contributed by atoms with Crippen molar-refractivity contribution in [1.29, 1.82) is 0 Å². The van der Waals surface area contributed by atoms with E-state index in [1.165, 1.54) is 96.3 Å². The Labute approximate surface area is 303 Å². The third-order valence-corrected chi connectivity index (χ3v) is 9.64. The Morgan fingerprint density at radius 3 is 1.74 bits per heavy atom. The molecule has 0 aromatic carbocycles. The number of aliphatic hydroxyl groups is 6. The van der Waals surface area contributed by atoms with Crippen molar-refractivity contribution in [2.45, 2.75) is 210 Å². The highest BCUT2D eigenvalue weighted by Crippen LogP contribution is 2.22. The summed E-state index contributed by atoms with van der Waals surface area (Å²) in [5.41, 5.74) is 0. The van der Waals surface area contributed by atoms with Gasteiger partial charge in [0.25, 0.3) is 0 Å². The standard InChI is InChI=1S/C40H75NO9/c1-3-5-7-9-11-13-15-17-19-20-22-24-26-28-33(43)32(31-49-40-38(47)37(46)36(45)35(30-42)50-40)41-39(48)34(44)29-27-25-23-21-18-16-14-12-10-8-6-4-2/h19-20,26,28,32-38,40,42-47H,3-18,21-25,27,29-31H2,1-2H3,(H,41,48)/b20-19?,28-26+/t32-,33+,34?,35+,36+,37-,38+,40+/m0/s1. The number of unbranched alkanes of at least 4 members (excludes halogenated alkanes) is 19. The molecule has 1 aliphatic rings. The van der Waals surface area contributed by atoms with E-state index in [0.29, 0.717) is 19.3 Å². The third-order valence-electron chi connectivity index (χ3n) is 9.64. The minimum Gasteiger partial charge on any atom is -0.394 e. The Bertz CT molecular complexity index is 855. The van der Waals surface area contributed by atoms with E-state index in [2.05, 4.69) is 31.3 Å². The van der Waals surface area contributed by atoms with Crippen molar-refractivity contribution in [2.24, 2.45) is 0 Å².